The summed E-state index contributed by atoms with van der Waals surface area (Å²) in [5.41, 5.74) is 7.34. The number of carbonyl (C=O) groups is 3. The van der Waals surface area contributed by atoms with E-state index in [0.717, 1.165) is 36.1 Å². The van der Waals surface area contributed by atoms with E-state index < -0.39 is 11.8 Å². The first-order valence-electron chi connectivity index (χ1n) is 8.53. The first-order valence-corrected chi connectivity index (χ1v) is 9.35. The molecule has 0 fully saturated rings. The molecule has 27 heavy (non-hydrogen) atoms. The van der Waals surface area contributed by atoms with Crippen molar-refractivity contribution in [3.63, 3.8) is 0 Å². The standard InChI is InChI=1S/C19H20N2O5S/c1-25-14-8-11(9-22)6-7-13(14)26-10-16(23)21-19-17(18(20)24)12-4-2-3-5-15(12)27-19/h6-9H,2-5,10H2,1H3,(H2,20,24)(H,21,23). The summed E-state index contributed by atoms with van der Waals surface area (Å²) in [6, 6.07) is 4.66. The summed E-state index contributed by atoms with van der Waals surface area (Å²) >= 11 is 1.40. The van der Waals surface area contributed by atoms with Crippen molar-refractivity contribution in [3.05, 3.63) is 39.8 Å². The van der Waals surface area contributed by atoms with Crippen molar-refractivity contribution in [2.24, 2.45) is 5.73 Å². The third kappa shape index (κ3) is 4.11. The molecule has 0 radical (unpaired) electrons. The van der Waals surface area contributed by atoms with E-state index >= 15 is 0 Å². The minimum Gasteiger partial charge on any atom is -0.493 e. The molecule has 1 heterocycles. The number of anilines is 1. The number of ether oxygens (including phenoxy) is 2. The van der Waals surface area contributed by atoms with Gasteiger partial charge in [-0.15, -0.1) is 11.3 Å². The van der Waals surface area contributed by atoms with Gasteiger partial charge in [0.15, 0.2) is 18.1 Å². The molecule has 0 saturated carbocycles. The van der Waals surface area contributed by atoms with Gasteiger partial charge in [0, 0.05) is 10.4 Å². The average molecular weight is 388 g/mol. The van der Waals surface area contributed by atoms with Crippen LogP contribution in [0, 0.1) is 0 Å². The maximum absolute atomic E-state index is 12.3. The van der Waals surface area contributed by atoms with Crippen LogP contribution in [0.15, 0.2) is 18.2 Å². The molecule has 0 spiro atoms. The fraction of sp³-hybridized carbons (Fsp3) is 0.316. The molecule has 3 N–H and O–H groups in total. The maximum Gasteiger partial charge on any atom is 0.262 e. The van der Waals surface area contributed by atoms with Gasteiger partial charge in [-0.1, -0.05) is 0 Å². The van der Waals surface area contributed by atoms with Crippen molar-refractivity contribution in [1.82, 2.24) is 0 Å². The molecule has 7 nitrogen and oxygen atoms in total. The monoisotopic (exact) mass is 388 g/mol. The summed E-state index contributed by atoms with van der Waals surface area (Å²) in [6.07, 6.45) is 4.47. The van der Waals surface area contributed by atoms with Gasteiger partial charge in [-0.25, -0.2) is 0 Å². The van der Waals surface area contributed by atoms with Crippen LogP contribution in [0.25, 0.3) is 0 Å². The average Bonchev–Trinajstić information content (AvgIpc) is 3.04. The largest absolute Gasteiger partial charge is 0.493 e. The Hall–Kier alpha value is -2.87. The zero-order valence-electron chi connectivity index (χ0n) is 14.9. The summed E-state index contributed by atoms with van der Waals surface area (Å²) in [6.45, 7) is -0.266. The quantitative estimate of drug-likeness (QED) is 0.709. The molecule has 2 aromatic rings. The Kier molecular flexibility index (Phi) is 5.75. The van der Waals surface area contributed by atoms with Gasteiger partial charge in [0.1, 0.15) is 11.3 Å². The zero-order chi connectivity index (χ0) is 19.4. The lowest BCUT2D eigenvalue weighted by molar-refractivity contribution is -0.118. The second kappa shape index (κ2) is 8.22. The molecule has 1 aliphatic rings. The Labute approximate surface area is 160 Å². The van der Waals surface area contributed by atoms with Crippen molar-refractivity contribution in [3.8, 4) is 11.5 Å². The van der Waals surface area contributed by atoms with E-state index in [1.54, 1.807) is 12.1 Å². The van der Waals surface area contributed by atoms with Gasteiger partial charge in [0.2, 0.25) is 0 Å². The molecule has 0 unspecified atom stereocenters. The lowest BCUT2D eigenvalue weighted by atomic mass is 9.95. The number of thiophene rings is 1. The highest BCUT2D eigenvalue weighted by atomic mass is 32.1. The summed E-state index contributed by atoms with van der Waals surface area (Å²) < 4.78 is 10.7. The molecule has 0 atom stereocenters. The molecule has 0 bridgehead atoms. The topological polar surface area (TPSA) is 108 Å². The highest BCUT2D eigenvalue weighted by molar-refractivity contribution is 7.17. The van der Waals surface area contributed by atoms with Gasteiger partial charge in [0.25, 0.3) is 11.8 Å². The Balaban J connectivity index is 1.71. The molecule has 8 heteroatoms. The van der Waals surface area contributed by atoms with Crippen molar-refractivity contribution < 1.29 is 23.9 Å². The number of aryl methyl sites for hydroxylation is 1. The van der Waals surface area contributed by atoms with Crippen molar-refractivity contribution in [2.45, 2.75) is 25.7 Å². The molecule has 1 aromatic carbocycles. The highest BCUT2D eigenvalue weighted by Gasteiger charge is 2.25. The van der Waals surface area contributed by atoms with E-state index in [2.05, 4.69) is 5.32 Å². The van der Waals surface area contributed by atoms with Crippen LogP contribution >= 0.6 is 11.3 Å². The number of hydrogen-bond donors (Lipinski definition) is 2. The first kappa shape index (κ1) is 18.9. The van der Waals surface area contributed by atoms with Crippen LogP contribution in [-0.4, -0.2) is 31.8 Å². The number of hydrogen-bond acceptors (Lipinski definition) is 6. The van der Waals surface area contributed by atoms with Crippen LogP contribution in [0.2, 0.25) is 0 Å². The van der Waals surface area contributed by atoms with Gasteiger partial charge >= 0.3 is 0 Å². The third-order valence-electron chi connectivity index (χ3n) is 4.35. The maximum atomic E-state index is 12.3. The predicted molar refractivity (Wildman–Crippen MR) is 102 cm³/mol. The molecule has 3 rings (SSSR count). The number of benzene rings is 1. The van der Waals surface area contributed by atoms with E-state index in [9.17, 15) is 14.4 Å². The zero-order valence-corrected chi connectivity index (χ0v) is 15.7. The third-order valence-corrected chi connectivity index (χ3v) is 5.56. The van der Waals surface area contributed by atoms with Crippen LogP contribution in [-0.2, 0) is 17.6 Å². The molecule has 1 aromatic heterocycles. The van der Waals surface area contributed by atoms with Crippen molar-refractivity contribution >= 4 is 34.4 Å². The summed E-state index contributed by atoms with van der Waals surface area (Å²) in [5, 5.41) is 3.21. The number of fused-ring (bicyclic) bond motifs is 1. The minimum absolute atomic E-state index is 0.266. The van der Waals surface area contributed by atoms with E-state index in [0.29, 0.717) is 33.9 Å². The molecule has 1 aliphatic carbocycles. The van der Waals surface area contributed by atoms with Gasteiger partial charge in [-0.05, 0) is 49.4 Å². The Bertz CT molecular complexity index is 890. The first-order chi connectivity index (χ1) is 13.0. The van der Waals surface area contributed by atoms with Gasteiger partial charge < -0.3 is 20.5 Å². The normalized spacial score (nSPS) is 12.8. The molecule has 2 amide bonds. The summed E-state index contributed by atoms with van der Waals surface area (Å²) in [7, 11) is 1.45. The number of primary amides is 1. The van der Waals surface area contributed by atoms with E-state index in [1.807, 2.05) is 0 Å². The van der Waals surface area contributed by atoms with E-state index in [-0.39, 0.29) is 6.61 Å². The van der Waals surface area contributed by atoms with Crippen LogP contribution < -0.4 is 20.5 Å². The lowest BCUT2D eigenvalue weighted by Gasteiger charge is -2.12. The van der Waals surface area contributed by atoms with Gasteiger partial charge in [-0.2, -0.15) is 0 Å². The highest BCUT2D eigenvalue weighted by Crippen LogP contribution is 2.38. The molecule has 142 valence electrons. The molecular formula is C19H20N2O5S. The fourth-order valence-electron chi connectivity index (χ4n) is 3.10. The number of carbonyl (C=O) groups excluding carboxylic acids is 3. The summed E-state index contributed by atoms with van der Waals surface area (Å²) in [4.78, 5) is 36.1. The predicted octanol–water partition coefficient (Wildman–Crippen LogP) is 2.56. The lowest BCUT2D eigenvalue weighted by Crippen LogP contribution is -2.22. The SMILES string of the molecule is COc1cc(C=O)ccc1OCC(=O)Nc1sc2c(c1C(N)=O)CCCC2. The van der Waals surface area contributed by atoms with E-state index in [1.165, 1.54) is 24.5 Å². The fourth-order valence-corrected chi connectivity index (χ4v) is 4.41. The van der Waals surface area contributed by atoms with Crippen molar-refractivity contribution in [1.29, 1.82) is 0 Å². The van der Waals surface area contributed by atoms with Crippen molar-refractivity contribution in [2.75, 3.05) is 19.0 Å². The number of amides is 2. The molecular weight excluding hydrogens is 368 g/mol. The number of methoxy groups -OCH3 is 1. The van der Waals surface area contributed by atoms with Gasteiger partial charge in [-0.3, -0.25) is 14.4 Å². The number of nitrogens with one attached hydrogen (secondary N) is 1. The van der Waals surface area contributed by atoms with E-state index in [4.69, 9.17) is 15.2 Å². The van der Waals surface area contributed by atoms with Gasteiger partial charge in [0.05, 0.1) is 12.7 Å². The molecule has 0 aliphatic heterocycles. The van der Waals surface area contributed by atoms with Crippen LogP contribution in [0.3, 0.4) is 0 Å². The summed E-state index contributed by atoms with van der Waals surface area (Å²) in [5.74, 6) is -0.231. The second-order valence-electron chi connectivity index (χ2n) is 6.14. The minimum atomic E-state index is -0.531. The van der Waals surface area contributed by atoms with Crippen LogP contribution in [0.4, 0.5) is 5.00 Å². The Morgan fingerprint density at radius 1 is 1.26 bits per heavy atom. The second-order valence-corrected chi connectivity index (χ2v) is 7.25. The smallest absolute Gasteiger partial charge is 0.262 e. The molecule has 0 saturated heterocycles. The number of rotatable bonds is 7. The van der Waals surface area contributed by atoms with Crippen LogP contribution in [0.1, 0.15) is 44.0 Å². The Morgan fingerprint density at radius 3 is 2.74 bits per heavy atom. The number of nitrogens with two attached hydrogens (primary N) is 1. The number of aldehydes is 1. The Morgan fingerprint density at radius 2 is 2.04 bits per heavy atom. The van der Waals surface area contributed by atoms with Crippen LogP contribution in [0.5, 0.6) is 11.5 Å².